The van der Waals surface area contributed by atoms with Crippen LogP contribution in [0.2, 0.25) is 0 Å². The number of fused-ring (bicyclic) bond motifs is 1. The Labute approximate surface area is 97.7 Å². The van der Waals surface area contributed by atoms with Crippen molar-refractivity contribution in [3.63, 3.8) is 0 Å². The molecule has 1 aliphatic rings. The van der Waals surface area contributed by atoms with E-state index in [4.69, 9.17) is 4.74 Å². The van der Waals surface area contributed by atoms with E-state index in [0.29, 0.717) is 24.3 Å². The average Bonchev–Trinajstić information content (AvgIpc) is 2.72. The predicted octanol–water partition coefficient (Wildman–Crippen LogP) is 1.49. The number of nitrogens with one attached hydrogen (secondary N) is 1. The molecule has 0 spiro atoms. The summed E-state index contributed by atoms with van der Waals surface area (Å²) in [6.45, 7) is 2.03. The molecule has 1 aromatic carbocycles. The van der Waals surface area contributed by atoms with Gasteiger partial charge in [-0.25, -0.2) is 4.79 Å². The van der Waals surface area contributed by atoms with Crippen LogP contribution in [0.1, 0.15) is 12.5 Å². The third-order valence-corrected chi connectivity index (χ3v) is 2.66. The van der Waals surface area contributed by atoms with Crippen molar-refractivity contribution in [2.45, 2.75) is 19.4 Å². The number of hydrogen-bond donors (Lipinski definition) is 1. The van der Waals surface area contributed by atoms with Crippen molar-refractivity contribution in [3.8, 4) is 0 Å². The minimum Gasteiger partial charge on any atom is -0.464 e. The van der Waals surface area contributed by atoms with Crippen molar-refractivity contribution in [1.82, 2.24) is 0 Å². The van der Waals surface area contributed by atoms with Crippen LogP contribution >= 0.6 is 0 Å². The Balaban J connectivity index is 2.24. The first kappa shape index (κ1) is 11.4. The summed E-state index contributed by atoms with van der Waals surface area (Å²) in [7, 11) is 0. The van der Waals surface area contributed by atoms with Crippen LogP contribution in [0, 0.1) is 10.1 Å². The van der Waals surface area contributed by atoms with Gasteiger partial charge in [0.2, 0.25) is 0 Å². The average molecular weight is 236 g/mol. The lowest BCUT2D eigenvalue weighted by Gasteiger charge is -2.08. The Morgan fingerprint density at radius 3 is 3.06 bits per heavy atom. The van der Waals surface area contributed by atoms with E-state index in [1.54, 1.807) is 19.1 Å². The summed E-state index contributed by atoms with van der Waals surface area (Å²) in [4.78, 5) is 21.9. The Kier molecular flexibility index (Phi) is 2.95. The van der Waals surface area contributed by atoms with Crippen molar-refractivity contribution in [2.75, 3.05) is 11.9 Å². The fourth-order valence-corrected chi connectivity index (χ4v) is 1.92. The lowest BCUT2D eigenvalue weighted by atomic mass is 10.1. The normalized spacial score (nSPS) is 17.1. The van der Waals surface area contributed by atoms with Gasteiger partial charge in [0.05, 0.1) is 17.1 Å². The number of ether oxygens (including phenoxy) is 1. The quantitative estimate of drug-likeness (QED) is 0.488. The molecule has 6 heteroatoms. The van der Waals surface area contributed by atoms with E-state index in [-0.39, 0.29) is 11.7 Å². The number of rotatable bonds is 3. The number of anilines is 1. The maximum Gasteiger partial charge on any atom is 0.328 e. The number of nitrogens with zero attached hydrogens (tertiary/aromatic N) is 1. The first-order valence-electron chi connectivity index (χ1n) is 5.33. The molecule has 1 aromatic rings. The van der Waals surface area contributed by atoms with Crippen LogP contribution in [0.5, 0.6) is 0 Å². The van der Waals surface area contributed by atoms with Crippen LogP contribution in [-0.2, 0) is 16.0 Å². The van der Waals surface area contributed by atoms with Gasteiger partial charge < -0.3 is 10.1 Å². The number of esters is 1. The first-order chi connectivity index (χ1) is 8.13. The number of carbonyl (C=O) groups is 1. The van der Waals surface area contributed by atoms with Crippen molar-refractivity contribution < 1.29 is 14.5 Å². The second kappa shape index (κ2) is 4.40. The molecule has 0 fully saturated rings. The summed E-state index contributed by atoms with van der Waals surface area (Å²) in [5.74, 6) is -0.377. The maximum atomic E-state index is 11.5. The van der Waals surface area contributed by atoms with Crippen LogP contribution < -0.4 is 5.32 Å². The van der Waals surface area contributed by atoms with E-state index >= 15 is 0 Å². The summed E-state index contributed by atoms with van der Waals surface area (Å²) in [6.07, 6.45) is 0.297. The molecule has 6 nitrogen and oxygen atoms in total. The smallest absolute Gasteiger partial charge is 0.328 e. The molecule has 0 saturated heterocycles. The highest BCUT2D eigenvalue weighted by molar-refractivity contribution is 5.84. The first-order valence-corrected chi connectivity index (χ1v) is 5.33. The zero-order valence-corrected chi connectivity index (χ0v) is 9.30. The number of nitro groups is 1. The van der Waals surface area contributed by atoms with Gasteiger partial charge in [0.15, 0.2) is 0 Å². The zero-order valence-electron chi connectivity index (χ0n) is 9.30. The van der Waals surface area contributed by atoms with Crippen molar-refractivity contribution in [1.29, 1.82) is 0 Å². The molecule has 17 heavy (non-hydrogen) atoms. The number of carbonyl (C=O) groups excluding carboxylic acids is 1. The van der Waals surface area contributed by atoms with E-state index in [9.17, 15) is 14.9 Å². The zero-order chi connectivity index (χ0) is 12.4. The van der Waals surface area contributed by atoms with Gasteiger partial charge >= 0.3 is 5.97 Å². The standard InChI is InChI=1S/C11H12N2O4/c1-2-17-11(14)9-6-7-8(12-9)4-3-5-10(7)13(15)16/h3-5,9,12H,2,6H2,1H3. The molecule has 90 valence electrons. The van der Waals surface area contributed by atoms with Crippen LogP contribution in [0.25, 0.3) is 0 Å². The summed E-state index contributed by atoms with van der Waals surface area (Å²) in [5, 5.41) is 13.8. The number of hydrogen-bond acceptors (Lipinski definition) is 5. The molecule has 1 atom stereocenters. The van der Waals surface area contributed by atoms with Gasteiger partial charge in [0, 0.05) is 18.2 Å². The maximum absolute atomic E-state index is 11.5. The second-order valence-electron chi connectivity index (χ2n) is 3.71. The molecular formula is C11H12N2O4. The van der Waals surface area contributed by atoms with Gasteiger partial charge in [0.25, 0.3) is 5.69 Å². The molecule has 0 saturated carbocycles. The fourth-order valence-electron chi connectivity index (χ4n) is 1.92. The molecule has 2 rings (SSSR count). The molecule has 1 unspecified atom stereocenters. The van der Waals surface area contributed by atoms with Gasteiger partial charge in [-0.15, -0.1) is 0 Å². The molecule has 0 amide bonds. The number of nitro benzene ring substituents is 1. The van der Waals surface area contributed by atoms with Crippen molar-refractivity contribution in [2.24, 2.45) is 0 Å². The molecular weight excluding hydrogens is 224 g/mol. The molecule has 1 aliphatic heterocycles. The van der Waals surface area contributed by atoms with E-state index in [2.05, 4.69) is 5.32 Å². The van der Waals surface area contributed by atoms with Gasteiger partial charge in [-0.3, -0.25) is 10.1 Å². The minimum absolute atomic E-state index is 0.0433. The number of benzene rings is 1. The van der Waals surface area contributed by atoms with Gasteiger partial charge in [-0.2, -0.15) is 0 Å². The van der Waals surface area contributed by atoms with Crippen LogP contribution in [-0.4, -0.2) is 23.5 Å². The molecule has 1 heterocycles. The Hall–Kier alpha value is -2.11. The van der Waals surface area contributed by atoms with Crippen molar-refractivity contribution >= 4 is 17.3 Å². The largest absolute Gasteiger partial charge is 0.464 e. The Bertz CT molecular complexity index is 473. The lowest BCUT2D eigenvalue weighted by molar-refractivity contribution is -0.385. The second-order valence-corrected chi connectivity index (χ2v) is 3.71. The van der Waals surface area contributed by atoms with Crippen molar-refractivity contribution in [3.05, 3.63) is 33.9 Å². The van der Waals surface area contributed by atoms with Gasteiger partial charge in [-0.1, -0.05) is 6.07 Å². The van der Waals surface area contributed by atoms with E-state index in [0.717, 1.165) is 0 Å². The highest BCUT2D eigenvalue weighted by atomic mass is 16.6. The fraction of sp³-hybridized carbons (Fsp3) is 0.364. The molecule has 0 radical (unpaired) electrons. The van der Waals surface area contributed by atoms with E-state index in [1.807, 2.05) is 0 Å². The summed E-state index contributed by atoms with van der Waals surface area (Å²) < 4.78 is 4.89. The predicted molar refractivity (Wildman–Crippen MR) is 60.8 cm³/mol. The van der Waals surface area contributed by atoms with E-state index < -0.39 is 11.0 Å². The summed E-state index contributed by atoms with van der Waals surface area (Å²) in [5.41, 5.74) is 1.25. The summed E-state index contributed by atoms with van der Waals surface area (Å²) in [6, 6.07) is 4.23. The Morgan fingerprint density at radius 2 is 2.41 bits per heavy atom. The van der Waals surface area contributed by atoms with Gasteiger partial charge in [0.1, 0.15) is 6.04 Å². The molecule has 0 aromatic heterocycles. The minimum atomic E-state index is -0.522. The highest BCUT2D eigenvalue weighted by Crippen LogP contribution is 2.33. The molecule has 1 N–H and O–H groups in total. The molecule has 0 aliphatic carbocycles. The topological polar surface area (TPSA) is 81.5 Å². The highest BCUT2D eigenvalue weighted by Gasteiger charge is 2.32. The monoisotopic (exact) mass is 236 g/mol. The SMILES string of the molecule is CCOC(=O)C1Cc2c(cccc2[N+](=O)[O-])N1. The Morgan fingerprint density at radius 1 is 1.65 bits per heavy atom. The molecule has 0 bridgehead atoms. The third kappa shape index (κ3) is 2.06. The van der Waals surface area contributed by atoms with Gasteiger partial charge in [-0.05, 0) is 13.0 Å². The van der Waals surface area contributed by atoms with E-state index in [1.165, 1.54) is 6.07 Å². The van der Waals surface area contributed by atoms with Crippen LogP contribution in [0.4, 0.5) is 11.4 Å². The van der Waals surface area contributed by atoms with Crippen LogP contribution in [0.15, 0.2) is 18.2 Å². The lowest BCUT2D eigenvalue weighted by Crippen LogP contribution is -2.29. The van der Waals surface area contributed by atoms with Crippen LogP contribution in [0.3, 0.4) is 0 Å². The third-order valence-electron chi connectivity index (χ3n) is 2.66. The summed E-state index contributed by atoms with van der Waals surface area (Å²) >= 11 is 0.